The van der Waals surface area contributed by atoms with Crippen molar-refractivity contribution >= 4 is 45.6 Å². The summed E-state index contributed by atoms with van der Waals surface area (Å²) in [5, 5.41) is 14.3. The van der Waals surface area contributed by atoms with E-state index in [-0.39, 0.29) is 11.7 Å². The quantitative estimate of drug-likeness (QED) is 0.310. The molecule has 8 nitrogen and oxygen atoms in total. The minimum Gasteiger partial charge on any atom is -0.508 e. The fourth-order valence-electron chi connectivity index (χ4n) is 4.33. The van der Waals surface area contributed by atoms with Crippen LogP contribution in [0, 0.1) is 0 Å². The molecule has 4 heterocycles. The molecule has 10 heteroatoms. The molecule has 5 rings (SSSR count). The zero-order valence-electron chi connectivity index (χ0n) is 20.6. The van der Waals surface area contributed by atoms with Gasteiger partial charge in [0.25, 0.3) is 0 Å². The van der Waals surface area contributed by atoms with Crippen LogP contribution in [0.5, 0.6) is 11.6 Å². The van der Waals surface area contributed by atoms with Crippen LogP contribution in [0.4, 0.5) is 16.6 Å². The van der Waals surface area contributed by atoms with Crippen LogP contribution in [0.2, 0.25) is 0 Å². The van der Waals surface area contributed by atoms with E-state index in [1.807, 2.05) is 46.2 Å². The number of phenols is 1. The smallest absolute Gasteiger partial charge is 0.219 e. The Kier molecular flexibility index (Phi) is 7.57. The summed E-state index contributed by atoms with van der Waals surface area (Å²) >= 11 is 2.98. The third kappa shape index (κ3) is 5.86. The van der Waals surface area contributed by atoms with E-state index in [1.54, 1.807) is 49.8 Å². The average molecular weight is 534 g/mol. The van der Waals surface area contributed by atoms with Crippen LogP contribution in [-0.4, -0.2) is 51.1 Å². The van der Waals surface area contributed by atoms with Crippen molar-refractivity contribution in [2.75, 3.05) is 25.1 Å². The molecule has 1 N–H and O–H groups in total. The van der Waals surface area contributed by atoms with Crippen molar-refractivity contribution < 1.29 is 14.6 Å². The molecular formula is C27H27N5O3S2. The Balaban J connectivity index is 1.46. The highest BCUT2D eigenvalue weighted by atomic mass is 32.2. The number of aromatic hydroxyl groups is 1. The Hall–Kier alpha value is -3.63. The van der Waals surface area contributed by atoms with Gasteiger partial charge in [0.05, 0.1) is 18.5 Å². The maximum Gasteiger partial charge on any atom is 0.219 e. The number of carbonyl (C=O) groups is 1. The molecule has 0 saturated carbocycles. The number of aromatic nitrogens is 3. The van der Waals surface area contributed by atoms with Crippen LogP contribution in [0.15, 0.2) is 76.1 Å². The first kappa shape index (κ1) is 25.0. The average Bonchev–Trinajstić information content (AvgIpc) is 3.39. The molecule has 4 aromatic rings. The number of rotatable bonds is 7. The van der Waals surface area contributed by atoms with Crippen LogP contribution < -0.4 is 9.64 Å². The number of ether oxygens (including phenoxy) is 1. The first-order chi connectivity index (χ1) is 18.0. The fourth-order valence-corrected chi connectivity index (χ4v) is 6.14. The molecule has 0 radical (unpaired) electrons. The topological polar surface area (TPSA) is 91.7 Å². The van der Waals surface area contributed by atoms with Gasteiger partial charge in [0.15, 0.2) is 5.13 Å². The molecule has 1 aromatic carbocycles. The van der Waals surface area contributed by atoms with E-state index < -0.39 is 0 Å². The number of benzene rings is 1. The van der Waals surface area contributed by atoms with E-state index in [2.05, 4.69) is 15.3 Å². The summed E-state index contributed by atoms with van der Waals surface area (Å²) in [6.45, 7) is 3.13. The van der Waals surface area contributed by atoms with Gasteiger partial charge in [-0.2, -0.15) is 0 Å². The van der Waals surface area contributed by atoms with Gasteiger partial charge in [-0.25, -0.2) is 15.0 Å². The van der Waals surface area contributed by atoms with Gasteiger partial charge in [0.2, 0.25) is 11.8 Å². The highest BCUT2D eigenvalue weighted by molar-refractivity contribution is 7.99. The number of nitrogens with zero attached hydrogens (tertiary/aromatic N) is 5. The molecule has 0 spiro atoms. The summed E-state index contributed by atoms with van der Waals surface area (Å²) in [7, 11) is 1.59. The van der Waals surface area contributed by atoms with Crippen LogP contribution >= 0.6 is 23.1 Å². The van der Waals surface area contributed by atoms with Crippen molar-refractivity contribution in [1.29, 1.82) is 0 Å². The second kappa shape index (κ2) is 11.2. The summed E-state index contributed by atoms with van der Waals surface area (Å²) in [5.41, 5.74) is 1.77. The van der Waals surface area contributed by atoms with Gasteiger partial charge in [0.1, 0.15) is 16.6 Å². The molecule has 3 aromatic heterocycles. The standard InChI is InChI=1S/C27H27N5O3S2/c1-18(33)31-12-9-19(10-13-31)23-17-36-27(29-23)32(24-6-3-4-11-28-24)20-14-21(34)16-22(15-20)37-26-8-5-7-25(30-26)35-2/h3-8,11,14-17,19,34H,9-10,12-13H2,1-2H3. The summed E-state index contributed by atoms with van der Waals surface area (Å²) in [5.74, 6) is 1.80. The zero-order chi connectivity index (χ0) is 25.8. The SMILES string of the molecule is COc1cccc(Sc2cc(O)cc(N(c3ccccn3)c3nc(C4CCN(C(C)=O)CC4)cs3)c2)n1. The Morgan fingerprint density at radius 1 is 1.14 bits per heavy atom. The largest absolute Gasteiger partial charge is 0.508 e. The van der Waals surface area contributed by atoms with Crippen molar-refractivity contribution in [3.8, 4) is 11.6 Å². The van der Waals surface area contributed by atoms with Crippen LogP contribution in [-0.2, 0) is 4.79 Å². The molecule has 190 valence electrons. The number of amides is 1. The van der Waals surface area contributed by atoms with E-state index in [0.29, 0.717) is 17.6 Å². The maximum atomic E-state index is 11.7. The Bertz CT molecular complexity index is 1370. The zero-order valence-corrected chi connectivity index (χ0v) is 22.2. The Labute approximate surface area is 224 Å². The lowest BCUT2D eigenvalue weighted by Crippen LogP contribution is -2.36. The first-order valence-corrected chi connectivity index (χ1v) is 13.6. The van der Waals surface area contributed by atoms with E-state index in [1.165, 1.54) is 11.8 Å². The second-order valence-corrected chi connectivity index (χ2v) is 10.6. The van der Waals surface area contributed by atoms with E-state index >= 15 is 0 Å². The molecule has 1 aliphatic rings. The number of carbonyl (C=O) groups excluding carboxylic acids is 1. The molecule has 37 heavy (non-hydrogen) atoms. The Morgan fingerprint density at radius 2 is 1.97 bits per heavy atom. The van der Waals surface area contributed by atoms with Crippen molar-refractivity contribution in [2.45, 2.75) is 35.6 Å². The number of piperidine rings is 1. The third-order valence-corrected chi connectivity index (χ3v) is 7.95. The van der Waals surface area contributed by atoms with Crippen LogP contribution in [0.1, 0.15) is 31.4 Å². The lowest BCUT2D eigenvalue weighted by atomic mass is 9.94. The highest BCUT2D eigenvalue weighted by Crippen LogP contribution is 2.41. The van der Waals surface area contributed by atoms with Gasteiger partial charge < -0.3 is 14.7 Å². The minimum absolute atomic E-state index is 0.125. The molecule has 0 atom stereocenters. The third-order valence-electron chi connectivity index (χ3n) is 6.20. The number of anilines is 3. The summed E-state index contributed by atoms with van der Waals surface area (Å²) in [4.78, 5) is 30.5. The van der Waals surface area contributed by atoms with Crippen molar-refractivity contribution in [2.24, 2.45) is 0 Å². The number of hydrogen-bond donors (Lipinski definition) is 1. The molecule has 0 aliphatic carbocycles. The van der Waals surface area contributed by atoms with Crippen molar-refractivity contribution in [3.63, 3.8) is 0 Å². The van der Waals surface area contributed by atoms with Crippen molar-refractivity contribution in [3.05, 3.63) is 71.9 Å². The van der Waals surface area contributed by atoms with Gasteiger partial charge >= 0.3 is 0 Å². The molecule has 1 amide bonds. The van der Waals surface area contributed by atoms with Crippen molar-refractivity contribution in [1.82, 2.24) is 19.9 Å². The van der Waals surface area contributed by atoms with Crippen LogP contribution in [0.3, 0.4) is 0 Å². The Morgan fingerprint density at radius 3 is 2.70 bits per heavy atom. The van der Waals surface area contributed by atoms with Crippen LogP contribution in [0.25, 0.3) is 0 Å². The predicted octanol–water partition coefficient (Wildman–Crippen LogP) is 5.99. The molecule has 0 bridgehead atoms. The fraction of sp³-hybridized carbons (Fsp3) is 0.259. The van der Waals surface area contributed by atoms with Gasteiger partial charge in [0, 0.05) is 54.5 Å². The number of methoxy groups -OCH3 is 1. The number of thiazole rings is 1. The molecule has 1 fully saturated rings. The van der Waals surface area contributed by atoms with Gasteiger partial charge in [-0.3, -0.25) is 9.69 Å². The van der Waals surface area contributed by atoms with Gasteiger partial charge in [-0.15, -0.1) is 11.3 Å². The minimum atomic E-state index is 0.125. The number of pyridine rings is 2. The van der Waals surface area contributed by atoms with E-state index in [9.17, 15) is 9.90 Å². The van der Waals surface area contributed by atoms with E-state index in [4.69, 9.17) is 9.72 Å². The van der Waals surface area contributed by atoms with E-state index in [0.717, 1.165) is 52.4 Å². The molecule has 1 aliphatic heterocycles. The first-order valence-electron chi connectivity index (χ1n) is 11.9. The molecule has 1 saturated heterocycles. The lowest BCUT2D eigenvalue weighted by Gasteiger charge is -2.30. The number of hydrogen-bond acceptors (Lipinski definition) is 9. The normalized spacial score (nSPS) is 13.9. The van der Waals surface area contributed by atoms with Gasteiger partial charge in [-0.1, -0.05) is 23.9 Å². The number of likely N-dealkylation sites (tertiary alicyclic amines) is 1. The molecule has 0 unspecified atom stereocenters. The number of phenolic OH excluding ortho intramolecular Hbond substituents is 1. The predicted molar refractivity (Wildman–Crippen MR) is 145 cm³/mol. The monoisotopic (exact) mass is 533 g/mol. The lowest BCUT2D eigenvalue weighted by molar-refractivity contribution is -0.129. The summed E-state index contributed by atoms with van der Waals surface area (Å²) in [6, 6.07) is 16.7. The maximum absolute atomic E-state index is 11.7. The summed E-state index contributed by atoms with van der Waals surface area (Å²) in [6.07, 6.45) is 3.53. The second-order valence-electron chi connectivity index (χ2n) is 8.66. The highest BCUT2D eigenvalue weighted by Gasteiger charge is 2.26. The van der Waals surface area contributed by atoms with Gasteiger partial charge in [-0.05, 0) is 43.2 Å². The summed E-state index contributed by atoms with van der Waals surface area (Å²) < 4.78 is 5.25. The molecular weight excluding hydrogens is 506 g/mol.